The first-order chi connectivity index (χ1) is 11.1. The van der Waals surface area contributed by atoms with Gasteiger partial charge in [-0.3, -0.25) is 9.55 Å². The van der Waals surface area contributed by atoms with Crippen LogP contribution in [0.2, 0.25) is 0 Å². The Morgan fingerprint density at radius 2 is 1.48 bits per heavy atom. The lowest BCUT2D eigenvalue weighted by Crippen LogP contribution is -2.08. The van der Waals surface area contributed by atoms with Crippen LogP contribution < -0.4 is 0 Å². The highest BCUT2D eigenvalue weighted by Crippen LogP contribution is 2.32. The van der Waals surface area contributed by atoms with Crippen LogP contribution in [0.1, 0.15) is 50.7 Å². The highest BCUT2D eigenvalue weighted by Gasteiger charge is 2.18. The summed E-state index contributed by atoms with van der Waals surface area (Å²) in [6.45, 7) is 8.85. The smallest absolute Gasteiger partial charge is 0.144 e. The number of nitrogens with zero attached hydrogens (tertiary/aromatic N) is 3. The van der Waals surface area contributed by atoms with Gasteiger partial charge in [0.05, 0.1) is 5.69 Å². The molecule has 0 bridgehead atoms. The summed E-state index contributed by atoms with van der Waals surface area (Å²) in [6, 6.07) is 10.3. The minimum atomic E-state index is 0.405. The van der Waals surface area contributed by atoms with E-state index in [4.69, 9.17) is 0 Å². The molecular weight excluding hydrogens is 282 g/mol. The van der Waals surface area contributed by atoms with Crippen molar-refractivity contribution in [1.29, 1.82) is 0 Å². The lowest BCUT2D eigenvalue weighted by Gasteiger charge is -2.21. The van der Waals surface area contributed by atoms with Gasteiger partial charge in [0, 0.05) is 30.4 Å². The van der Waals surface area contributed by atoms with Crippen LogP contribution in [0.15, 0.2) is 55.1 Å². The Morgan fingerprint density at radius 3 is 2.04 bits per heavy atom. The molecule has 23 heavy (non-hydrogen) atoms. The topological polar surface area (TPSA) is 30.7 Å². The molecule has 0 saturated carbocycles. The molecule has 0 radical (unpaired) electrons. The molecule has 3 rings (SSSR count). The lowest BCUT2D eigenvalue weighted by atomic mass is 9.95. The molecule has 0 spiro atoms. The van der Waals surface area contributed by atoms with Gasteiger partial charge in [0.2, 0.25) is 0 Å². The van der Waals surface area contributed by atoms with Crippen molar-refractivity contribution < 1.29 is 0 Å². The summed E-state index contributed by atoms with van der Waals surface area (Å²) in [5, 5.41) is 0. The van der Waals surface area contributed by atoms with Crippen LogP contribution in [-0.2, 0) is 0 Å². The van der Waals surface area contributed by atoms with E-state index < -0.39 is 0 Å². The van der Waals surface area contributed by atoms with Gasteiger partial charge in [-0.05, 0) is 23.0 Å². The van der Waals surface area contributed by atoms with Gasteiger partial charge in [0.1, 0.15) is 5.82 Å². The average Bonchev–Trinajstić information content (AvgIpc) is 3.04. The third-order valence-corrected chi connectivity index (χ3v) is 4.13. The van der Waals surface area contributed by atoms with E-state index in [0.717, 1.165) is 11.4 Å². The molecule has 2 aromatic heterocycles. The van der Waals surface area contributed by atoms with Crippen LogP contribution in [0.4, 0.5) is 0 Å². The first-order valence-corrected chi connectivity index (χ1v) is 8.16. The molecule has 0 N–H and O–H groups in total. The number of hydrogen-bond donors (Lipinski definition) is 0. The second kappa shape index (κ2) is 6.37. The van der Waals surface area contributed by atoms with Crippen molar-refractivity contribution in [1.82, 2.24) is 14.5 Å². The van der Waals surface area contributed by atoms with Crippen molar-refractivity contribution in [3.63, 3.8) is 0 Å². The maximum atomic E-state index is 4.61. The molecule has 0 saturated heterocycles. The predicted octanol–water partition coefficient (Wildman–Crippen LogP) is 5.18. The van der Waals surface area contributed by atoms with Gasteiger partial charge in [0.25, 0.3) is 0 Å². The second-order valence-electron chi connectivity index (χ2n) is 6.46. The Labute approximate surface area is 138 Å². The van der Waals surface area contributed by atoms with Gasteiger partial charge in [-0.1, -0.05) is 58.0 Å². The van der Waals surface area contributed by atoms with Gasteiger partial charge in [-0.15, -0.1) is 0 Å². The number of rotatable bonds is 4. The standard InChI is InChI=1S/C20H23N3/c1-14(2)17-12-21-13-18(15(3)4)19(17)23-11-10-22-20(23)16-8-6-5-7-9-16/h5-15H,1-4H3. The van der Waals surface area contributed by atoms with Crippen LogP contribution in [0.25, 0.3) is 17.1 Å². The van der Waals surface area contributed by atoms with Crippen LogP contribution >= 0.6 is 0 Å². The van der Waals surface area contributed by atoms with Crippen molar-refractivity contribution in [2.45, 2.75) is 39.5 Å². The molecule has 118 valence electrons. The highest BCUT2D eigenvalue weighted by molar-refractivity contribution is 5.61. The van der Waals surface area contributed by atoms with Crippen molar-refractivity contribution in [3.05, 3.63) is 66.2 Å². The number of hydrogen-bond acceptors (Lipinski definition) is 2. The molecule has 0 aliphatic rings. The van der Waals surface area contributed by atoms with E-state index in [2.05, 4.69) is 60.6 Å². The van der Waals surface area contributed by atoms with Gasteiger partial charge in [0.15, 0.2) is 0 Å². The highest BCUT2D eigenvalue weighted by atomic mass is 15.1. The van der Waals surface area contributed by atoms with Crippen molar-refractivity contribution >= 4 is 0 Å². The SMILES string of the molecule is CC(C)c1cncc(C(C)C)c1-n1ccnc1-c1ccccc1. The maximum Gasteiger partial charge on any atom is 0.144 e. The molecule has 2 heterocycles. The molecule has 1 aromatic carbocycles. The molecule has 3 heteroatoms. The molecule has 0 fully saturated rings. The normalized spacial score (nSPS) is 11.4. The first-order valence-electron chi connectivity index (χ1n) is 8.16. The van der Waals surface area contributed by atoms with Crippen molar-refractivity contribution in [2.24, 2.45) is 0 Å². The first kappa shape index (κ1) is 15.5. The van der Waals surface area contributed by atoms with Crippen molar-refractivity contribution in [3.8, 4) is 17.1 Å². The zero-order valence-electron chi connectivity index (χ0n) is 14.2. The van der Waals surface area contributed by atoms with E-state index >= 15 is 0 Å². The average molecular weight is 305 g/mol. The Balaban J connectivity index is 2.26. The van der Waals surface area contributed by atoms with Crippen LogP contribution in [0.3, 0.4) is 0 Å². The van der Waals surface area contributed by atoms with E-state index in [-0.39, 0.29) is 0 Å². The van der Waals surface area contributed by atoms with Gasteiger partial charge < -0.3 is 0 Å². The lowest BCUT2D eigenvalue weighted by molar-refractivity contribution is 0.794. The molecule has 0 unspecified atom stereocenters. The van der Waals surface area contributed by atoms with E-state index in [1.54, 1.807) is 0 Å². The predicted molar refractivity (Wildman–Crippen MR) is 95.0 cm³/mol. The fourth-order valence-electron chi connectivity index (χ4n) is 2.89. The van der Waals surface area contributed by atoms with Crippen LogP contribution in [0.5, 0.6) is 0 Å². The zero-order chi connectivity index (χ0) is 16.4. The molecule has 3 nitrogen and oxygen atoms in total. The monoisotopic (exact) mass is 305 g/mol. The Hall–Kier alpha value is -2.42. The minimum absolute atomic E-state index is 0.405. The summed E-state index contributed by atoms with van der Waals surface area (Å²) >= 11 is 0. The molecular formula is C20H23N3. The summed E-state index contributed by atoms with van der Waals surface area (Å²) in [5.41, 5.74) is 4.86. The molecule has 0 atom stereocenters. The summed E-state index contributed by atoms with van der Waals surface area (Å²) in [5.74, 6) is 1.78. The van der Waals surface area contributed by atoms with Crippen LogP contribution in [0, 0.1) is 0 Å². The minimum Gasteiger partial charge on any atom is -0.299 e. The Kier molecular flexibility index (Phi) is 4.28. The summed E-state index contributed by atoms with van der Waals surface area (Å²) in [6.07, 6.45) is 7.90. The number of benzene rings is 1. The van der Waals surface area contributed by atoms with E-state index in [9.17, 15) is 0 Å². The molecule has 3 aromatic rings. The third kappa shape index (κ3) is 2.91. The van der Waals surface area contributed by atoms with E-state index in [1.807, 2.05) is 36.8 Å². The third-order valence-electron chi connectivity index (χ3n) is 4.13. The largest absolute Gasteiger partial charge is 0.299 e. The zero-order valence-corrected chi connectivity index (χ0v) is 14.2. The second-order valence-corrected chi connectivity index (χ2v) is 6.46. The number of aromatic nitrogens is 3. The summed E-state index contributed by atoms with van der Waals surface area (Å²) < 4.78 is 2.21. The molecule has 0 aliphatic heterocycles. The van der Waals surface area contributed by atoms with E-state index in [1.165, 1.54) is 16.8 Å². The molecule has 0 aliphatic carbocycles. The van der Waals surface area contributed by atoms with Crippen molar-refractivity contribution in [2.75, 3.05) is 0 Å². The summed E-state index contributed by atoms with van der Waals surface area (Å²) in [4.78, 5) is 9.07. The Bertz CT molecular complexity index is 759. The fourth-order valence-corrected chi connectivity index (χ4v) is 2.89. The van der Waals surface area contributed by atoms with Crippen LogP contribution in [-0.4, -0.2) is 14.5 Å². The fraction of sp³-hybridized carbons (Fsp3) is 0.300. The quantitative estimate of drug-likeness (QED) is 0.665. The Morgan fingerprint density at radius 1 is 0.870 bits per heavy atom. The summed E-state index contributed by atoms with van der Waals surface area (Å²) in [7, 11) is 0. The van der Waals surface area contributed by atoms with E-state index in [0.29, 0.717) is 11.8 Å². The van der Waals surface area contributed by atoms with Gasteiger partial charge in [-0.2, -0.15) is 0 Å². The number of imidazole rings is 1. The number of pyridine rings is 1. The van der Waals surface area contributed by atoms with Gasteiger partial charge in [-0.25, -0.2) is 4.98 Å². The maximum absolute atomic E-state index is 4.61. The molecule has 0 amide bonds. The van der Waals surface area contributed by atoms with Gasteiger partial charge >= 0.3 is 0 Å².